The molecule has 186 valence electrons. The number of amides is 1. The Morgan fingerprint density at radius 1 is 1.11 bits per heavy atom. The van der Waals surface area contributed by atoms with Crippen LogP contribution in [0.3, 0.4) is 0 Å². The van der Waals surface area contributed by atoms with Gasteiger partial charge in [-0.3, -0.25) is 9.69 Å². The lowest BCUT2D eigenvalue weighted by Crippen LogP contribution is -2.41. The monoisotopic (exact) mass is 484 g/mol. The molecule has 0 unspecified atom stereocenters. The number of carbonyl (C=O) groups is 1. The lowest BCUT2D eigenvalue weighted by Gasteiger charge is -2.36. The van der Waals surface area contributed by atoms with Crippen LogP contribution in [0.1, 0.15) is 36.5 Å². The average molecular weight is 485 g/mol. The number of anilines is 1. The molecule has 0 aromatic heterocycles. The van der Waals surface area contributed by atoms with Crippen LogP contribution in [0.2, 0.25) is 0 Å². The van der Waals surface area contributed by atoms with Gasteiger partial charge < -0.3 is 10.2 Å². The average Bonchev–Trinajstić information content (AvgIpc) is 3.30. The van der Waals surface area contributed by atoms with Crippen LogP contribution >= 0.6 is 0 Å². The summed E-state index contributed by atoms with van der Waals surface area (Å²) < 4.78 is 40.6. The molecule has 4 rings (SSSR count). The summed E-state index contributed by atoms with van der Waals surface area (Å²) in [4.78, 5) is 17.2. The zero-order chi connectivity index (χ0) is 25.0. The highest BCUT2D eigenvalue weighted by molar-refractivity contribution is 5.80. The Labute approximate surface area is 204 Å². The standard InChI is InChI=1S/C27H31F3N4O/c1-2-32-26(35)24-18-34(22-9-8-21(15-31)25(14-22)27(28,29)30)17-23(24)20-10-12-33(13-11-20)16-19-6-4-3-5-7-19/h3-9,14,20,23-24H,2,10-13,16-18H2,1H3,(H,32,35)/t23-,24+/m0/s1. The Morgan fingerprint density at radius 2 is 1.83 bits per heavy atom. The van der Waals surface area contributed by atoms with Crippen molar-refractivity contribution in [3.05, 3.63) is 65.2 Å². The quantitative estimate of drug-likeness (QED) is 0.647. The molecule has 2 aliphatic rings. The normalized spacial score (nSPS) is 21.6. The fourth-order valence-corrected chi connectivity index (χ4v) is 5.54. The van der Waals surface area contributed by atoms with Gasteiger partial charge in [-0.15, -0.1) is 0 Å². The summed E-state index contributed by atoms with van der Waals surface area (Å²) in [7, 11) is 0. The first-order chi connectivity index (χ1) is 16.8. The van der Waals surface area contributed by atoms with Crippen molar-refractivity contribution in [1.82, 2.24) is 10.2 Å². The van der Waals surface area contributed by atoms with E-state index >= 15 is 0 Å². The second kappa shape index (κ2) is 10.7. The van der Waals surface area contributed by atoms with E-state index in [2.05, 4.69) is 22.3 Å². The number of nitriles is 1. The minimum atomic E-state index is -4.61. The third-order valence-corrected chi connectivity index (χ3v) is 7.33. The molecule has 0 spiro atoms. The number of halogens is 3. The minimum Gasteiger partial charge on any atom is -0.370 e. The zero-order valence-electron chi connectivity index (χ0n) is 19.9. The van der Waals surface area contributed by atoms with Gasteiger partial charge in [0.2, 0.25) is 5.91 Å². The first-order valence-electron chi connectivity index (χ1n) is 12.2. The highest BCUT2D eigenvalue weighted by Gasteiger charge is 2.43. The largest absolute Gasteiger partial charge is 0.417 e. The van der Waals surface area contributed by atoms with Crippen LogP contribution < -0.4 is 10.2 Å². The van der Waals surface area contributed by atoms with Gasteiger partial charge in [-0.1, -0.05) is 30.3 Å². The van der Waals surface area contributed by atoms with E-state index in [9.17, 15) is 18.0 Å². The fraction of sp³-hybridized carbons (Fsp3) is 0.481. The van der Waals surface area contributed by atoms with Crippen molar-refractivity contribution in [3.63, 3.8) is 0 Å². The topological polar surface area (TPSA) is 59.4 Å². The molecule has 1 amide bonds. The van der Waals surface area contributed by atoms with E-state index in [1.54, 1.807) is 12.1 Å². The molecule has 2 heterocycles. The van der Waals surface area contributed by atoms with Gasteiger partial charge in [-0.2, -0.15) is 18.4 Å². The third-order valence-electron chi connectivity index (χ3n) is 7.33. The third kappa shape index (κ3) is 5.79. The molecular formula is C27H31F3N4O. The molecule has 0 radical (unpaired) electrons. The molecule has 0 bridgehead atoms. The molecule has 2 atom stereocenters. The Bertz CT molecular complexity index is 1060. The first kappa shape index (κ1) is 25.1. The molecule has 2 aliphatic heterocycles. The summed E-state index contributed by atoms with van der Waals surface area (Å²) >= 11 is 0. The van der Waals surface area contributed by atoms with Crippen molar-refractivity contribution in [1.29, 1.82) is 5.26 Å². The Hall–Kier alpha value is -3.05. The fourth-order valence-electron chi connectivity index (χ4n) is 5.54. The maximum Gasteiger partial charge on any atom is 0.417 e. The molecule has 8 heteroatoms. The lowest BCUT2D eigenvalue weighted by atomic mass is 9.78. The van der Waals surface area contributed by atoms with E-state index in [0.717, 1.165) is 38.5 Å². The summed E-state index contributed by atoms with van der Waals surface area (Å²) in [5, 5.41) is 12.0. The van der Waals surface area contributed by atoms with Crippen LogP contribution in [0.4, 0.5) is 18.9 Å². The van der Waals surface area contributed by atoms with E-state index in [4.69, 9.17) is 5.26 Å². The number of piperidine rings is 1. The van der Waals surface area contributed by atoms with E-state index in [0.29, 0.717) is 31.2 Å². The SMILES string of the molecule is CCNC(=O)[C@@H]1CN(c2ccc(C#N)c(C(F)(F)F)c2)C[C@H]1C1CCN(Cc2ccccc2)CC1. The molecule has 2 aromatic carbocycles. The van der Waals surface area contributed by atoms with E-state index in [1.807, 2.05) is 30.0 Å². The van der Waals surface area contributed by atoms with Gasteiger partial charge in [-0.05, 0) is 68.5 Å². The van der Waals surface area contributed by atoms with Crippen LogP contribution in [0.15, 0.2) is 48.5 Å². The second-order valence-corrected chi connectivity index (χ2v) is 9.51. The number of likely N-dealkylation sites (tertiary alicyclic amines) is 1. The predicted molar refractivity (Wildman–Crippen MR) is 128 cm³/mol. The van der Waals surface area contributed by atoms with E-state index in [1.165, 1.54) is 11.6 Å². The summed E-state index contributed by atoms with van der Waals surface area (Å²) in [5.41, 5.74) is 0.377. The van der Waals surface area contributed by atoms with Crippen molar-refractivity contribution >= 4 is 11.6 Å². The molecule has 2 saturated heterocycles. The maximum absolute atomic E-state index is 13.5. The lowest BCUT2D eigenvalue weighted by molar-refractivity contribution is -0.137. The van der Waals surface area contributed by atoms with Gasteiger partial charge in [0.1, 0.15) is 0 Å². The Morgan fingerprint density at radius 3 is 2.46 bits per heavy atom. The van der Waals surface area contributed by atoms with Gasteiger partial charge >= 0.3 is 6.18 Å². The van der Waals surface area contributed by atoms with Crippen molar-refractivity contribution in [3.8, 4) is 6.07 Å². The van der Waals surface area contributed by atoms with Crippen molar-refractivity contribution in [2.75, 3.05) is 37.6 Å². The summed E-state index contributed by atoms with van der Waals surface area (Å²) in [6, 6.07) is 15.8. The van der Waals surface area contributed by atoms with Crippen LogP contribution in [0.5, 0.6) is 0 Å². The van der Waals surface area contributed by atoms with Crippen molar-refractivity contribution in [2.45, 2.75) is 32.5 Å². The molecule has 2 aromatic rings. The second-order valence-electron chi connectivity index (χ2n) is 9.51. The number of alkyl halides is 3. The van der Waals surface area contributed by atoms with E-state index < -0.39 is 11.7 Å². The van der Waals surface area contributed by atoms with Crippen molar-refractivity contribution < 1.29 is 18.0 Å². The van der Waals surface area contributed by atoms with Crippen LogP contribution in [0.25, 0.3) is 0 Å². The highest BCUT2D eigenvalue weighted by atomic mass is 19.4. The Balaban J connectivity index is 1.49. The molecule has 2 fully saturated rings. The van der Waals surface area contributed by atoms with Crippen LogP contribution in [-0.4, -0.2) is 43.5 Å². The summed E-state index contributed by atoms with van der Waals surface area (Å²) in [6.45, 7) is 6.08. The number of nitrogens with zero attached hydrogens (tertiary/aromatic N) is 3. The Kier molecular flexibility index (Phi) is 7.66. The molecule has 1 N–H and O–H groups in total. The number of hydrogen-bond acceptors (Lipinski definition) is 4. The van der Waals surface area contributed by atoms with E-state index in [-0.39, 0.29) is 23.3 Å². The predicted octanol–water partition coefficient (Wildman–Crippen LogP) is 4.68. The zero-order valence-corrected chi connectivity index (χ0v) is 19.9. The molecular weight excluding hydrogens is 453 g/mol. The number of benzene rings is 2. The first-order valence-corrected chi connectivity index (χ1v) is 12.2. The van der Waals surface area contributed by atoms with Gasteiger partial charge in [0, 0.05) is 31.9 Å². The van der Waals surface area contributed by atoms with Crippen LogP contribution in [-0.2, 0) is 17.5 Å². The van der Waals surface area contributed by atoms with Gasteiger partial charge in [0.05, 0.1) is 23.1 Å². The van der Waals surface area contributed by atoms with Crippen LogP contribution in [0, 0.1) is 29.1 Å². The van der Waals surface area contributed by atoms with Gasteiger partial charge in [0.15, 0.2) is 0 Å². The number of rotatable bonds is 6. The number of carbonyl (C=O) groups excluding carboxylic acids is 1. The number of hydrogen-bond donors (Lipinski definition) is 1. The minimum absolute atomic E-state index is 0.0311. The summed E-state index contributed by atoms with van der Waals surface area (Å²) in [6.07, 6.45) is -2.68. The maximum atomic E-state index is 13.5. The molecule has 0 aliphatic carbocycles. The smallest absolute Gasteiger partial charge is 0.370 e. The molecule has 0 saturated carbocycles. The van der Waals surface area contributed by atoms with Gasteiger partial charge in [0.25, 0.3) is 0 Å². The number of nitrogens with one attached hydrogen (secondary N) is 1. The van der Waals surface area contributed by atoms with Gasteiger partial charge in [-0.25, -0.2) is 0 Å². The highest BCUT2D eigenvalue weighted by Crippen LogP contribution is 2.40. The summed E-state index contributed by atoms with van der Waals surface area (Å²) in [5.74, 6) is 0.104. The molecule has 35 heavy (non-hydrogen) atoms. The molecule has 5 nitrogen and oxygen atoms in total. The van der Waals surface area contributed by atoms with Crippen molar-refractivity contribution in [2.24, 2.45) is 17.8 Å².